The van der Waals surface area contributed by atoms with Crippen molar-refractivity contribution in [3.8, 4) is 6.07 Å². The summed E-state index contributed by atoms with van der Waals surface area (Å²) in [6, 6.07) is 7.45. The minimum atomic E-state index is -4.55. The van der Waals surface area contributed by atoms with Gasteiger partial charge in [0.15, 0.2) is 0 Å². The minimum Gasteiger partial charge on any atom is -0.368 e. The van der Waals surface area contributed by atoms with E-state index in [0.29, 0.717) is 31.9 Å². The second-order valence-electron chi connectivity index (χ2n) is 7.19. The summed E-state index contributed by atoms with van der Waals surface area (Å²) >= 11 is 0. The third-order valence-corrected chi connectivity index (χ3v) is 4.77. The average molecular weight is 389 g/mol. The van der Waals surface area contributed by atoms with E-state index < -0.39 is 11.7 Å². The SMILES string of the molecule is Cc1cc(N2CCN(c3ccc(C#N)c(C(F)(F)F)c3)CC2)nc(C(C)C)n1. The van der Waals surface area contributed by atoms with Crippen LogP contribution in [-0.2, 0) is 6.18 Å². The van der Waals surface area contributed by atoms with Crippen LogP contribution >= 0.6 is 0 Å². The van der Waals surface area contributed by atoms with E-state index in [1.54, 1.807) is 12.1 Å². The first-order valence-electron chi connectivity index (χ1n) is 9.16. The third kappa shape index (κ3) is 4.19. The second kappa shape index (κ2) is 7.66. The maximum Gasteiger partial charge on any atom is 0.417 e. The van der Waals surface area contributed by atoms with Gasteiger partial charge in [0.25, 0.3) is 0 Å². The Kier molecular flexibility index (Phi) is 5.45. The highest BCUT2D eigenvalue weighted by molar-refractivity contribution is 5.56. The first-order chi connectivity index (χ1) is 13.2. The highest BCUT2D eigenvalue weighted by Gasteiger charge is 2.34. The molecule has 0 atom stereocenters. The number of aryl methyl sites for hydroxylation is 1. The molecule has 2 heterocycles. The summed E-state index contributed by atoms with van der Waals surface area (Å²) < 4.78 is 39.6. The van der Waals surface area contributed by atoms with Gasteiger partial charge in [0, 0.05) is 49.5 Å². The van der Waals surface area contributed by atoms with E-state index in [9.17, 15) is 13.2 Å². The summed E-state index contributed by atoms with van der Waals surface area (Å²) in [5.41, 5.74) is 0.140. The predicted octanol–water partition coefficient (Wildman–Crippen LogP) is 4.13. The van der Waals surface area contributed by atoms with Crippen LogP contribution in [0.3, 0.4) is 0 Å². The van der Waals surface area contributed by atoms with Crippen molar-refractivity contribution in [1.29, 1.82) is 5.26 Å². The molecule has 1 aliphatic rings. The monoisotopic (exact) mass is 389 g/mol. The van der Waals surface area contributed by atoms with Crippen molar-refractivity contribution in [2.45, 2.75) is 32.9 Å². The first kappa shape index (κ1) is 19.9. The van der Waals surface area contributed by atoms with Gasteiger partial charge in [-0.1, -0.05) is 13.8 Å². The van der Waals surface area contributed by atoms with Crippen molar-refractivity contribution >= 4 is 11.5 Å². The largest absolute Gasteiger partial charge is 0.417 e. The van der Waals surface area contributed by atoms with Crippen molar-refractivity contribution in [3.63, 3.8) is 0 Å². The molecule has 1 aliphatic heterocycles. The average Bonchev–Trinajstić information content (AvgIpc) is 2.66. The van der Waals surface area contributed by atoms with Crippen molar-refractivity contribution in [3.05, 3.63) is 46.9 Å². The molecule has 0 amide bonds. The molecule has 1 aromatic carbocycles. The Balaban J connectivity index is 1.77. The summed E-state index contributed by atoms with van der Waals surface area (Å²) in [5, 5.41) is 8.95. The van der Waals surface area contributed by atoms with Gasteiger partial charge < -0.3 is 9.80 Å². The molecule has 8 heteroatoms. The number of rotatable bonds is 3. The molecular weight excluding hydrogens is 367 g/mol. The third-order valence-electron chi connectivity index (χ3n) is 4.77. The van der Waals surface area contributed by atoms with E-state index in [-0.39, 0.29) is 11.5 Å². The van der Waals surface area contributed by atoms with Crippen LogP contribution in [0.5, 0.6) is 0 Å². The lowest BCUT2D eigenvalue weighted by Crippen LogP contribution is -2.47. The zero-order valence-corrected chi connectivity index (χ0v) is 16.1. The van der Waals surface area contributed by atoms with Gasteiger partial charge in [-0.2, -0.15) is 18.4 Å². The molecule has 0 bridgehead atoms. The van der Waals surface area contributed by atoms with Crippen LogP contribution in [0.2, 0.25) is 0 Å². The van der Waals surface area contributed by atoms with Gasteiger partial charge in [-0.05, 0) is 25.1 Å². The molecule has 5 nitrogen and oxygen atoms in total. The van der Waals surface area contributed by atoms with E-state index in [4.69, 9.17) is 5.26 Å². The molecule has 0 saturated carbocycles. The molecule has 148 valence electrons. The van der Waals surface area contributed by atoms with E-state index in [2.05, 4.69) is 14.9 Å². The topological polar surface area (TPSA) is 56.0 Å². The Labute approximate surface area is 162 Å². The lowest BCUT2D eigenvalue weighted by atomic mass is 10.1. The lowest BCUT2D eigenvalue weighted by Gasteiger charge is -2.37. The number of hydrogen-bond donors (Lipinski definition) is 0. The predicted molar refractivity (Wildman–Crippen MR) is 101 cm³/mol. The number of halogens is 3. The maximum atomic E-state index is 13.2. The first-order valence-corrected chi connectivity index (χ1v) is 9.16. The fourth-order valence-electron chi connectivity index (χ4n) is 3.25. The molecule has 1 saturated heterocycles. The standard InChI is InChI=1S/C20H22F3N5/c1-13(2)19-25-14(3)10-18(26-19)28-8-6-27(7-9-28)16-5-4-15(12-24)17(11-16)20(21,22)23/h4-5,10-11,13H,6-9H2,1-3H3. The number of nitriles is 1. The quantitative estimate of drug-likeness (QED) is 0.790. The Morgan fingerprint density at radius 3 is 2.25 bits per heavy atom. The van der Waals surface area contributed by atoms with Gasteiger partial charge in [-0.25, -0.2) is 9.97 Å². The highest BCUT2D eigenvalue weighted by Crippen LogP contribution is 2.34. The fraction of sp³-hybridized carbons (Fsp3) is 0.450. The molecule has 0 spiro atoms. The van der Waals surface area contributed by atoms with E-state index >= 15 is 0 Å². The zero-order chi connectivity index (χ0) is 20.5. The number of alkyl halides is 3. The molecule has 3 rings (SSSR count). The number of hydrogen-bond acceptors (Lipinski definition) is 5. The zero-order valence-electron chi connectivity index (χ0n) is 16.1. The number of anilines is 2. The normalized spacial score (nSPS) is 15.1. The molecule has 0 aliphatic carbocycles. The van der Waals surface area contributed by atoms with Crippen molar-refractivity contribution in [2.75, 3.05) is 36.0 Å². The summed E-state index contributed by atoms with van der Waals surface area (Å²) in [7, 11) is 0. The molecule has 1 aromatic heterocycles. The van der Waals surface area contributed by atoms with Crippen LogP contribution in [-0.4, -0.2) is 36.1 Å². The highest BCUT2D eigenvalue weighted by atomic mass is 19.4. The van der Waals surface area contributed by atoms with Crippen LogP contribution in [0.4, 0.5) is 24.7 Å². The molecule has 1 fully saturated rings. The molecule has 0 N–H and O–H groups in total. The van der Waals surface area contributed by atoms with E-state index in [0.717, 1.165) is 23.4 Å². The van der Waals surface area contributed by atoms with Crippen LogP contribution in [0.25, 0.3) is 0 Å². The fourth-order valence-corrected chi connectivity index (χ4v) is 3.25. The molecule has 0 radical (unpaired) electrons. The maximum absolute atomic E-state index is 13.2. The smallest absolute Gasteiger partial charge is 0.368 e. The van der Waals surface area contributed by atoms with Gasteiger partial charge in [0.05, 0.1) is 17.2 Å². The summed E-state index contributed by atoms with van der Waals surface area (Å²) in [6.07, 6.45) is -4.55. The number of piperazine rings is 1. The van der Waals surface area contributed by atoms with Crippen LogP contribution in [0, 0.1) is 18.3 Å². The van der Waals surface area contributed by atoms with Gasteiger partial charge in [-0.3, -0.25) is 0 Å². The number of nitrogens with zero attached hydrogens (tertiary/aromatic N) is 5. The van der Waals surface area contributed by atoms with Crippen molar-refractivity contribution in [1.82, 2.24) is 9.97 Å². The van der Waals surface area contributed by atoms with Gasteiger partial charge in [0.2, 0.25) is 0 Å². The van der Waals surface area contributed by atoms with Crippen LogP contribution < -0.4 is 9.80 Å². The van der Waals surface area contributed by atoms with Crippen molar-refractivity contribution < 1.29 is 13.2 Å². The second-order valence-corrected chi connectivity index (χ2v) is 7.19. The lowest BCUT2D eigenvalue weighted by molar-refractivity contribution is -0.137. The Morgan fingerprint density at radius 2 is 1.68 bits per heavy atom. The van der Waals surface area contributed by atoms with E-state index in [1.807, 2.05) is 31.7 Å². The van der Waals surface area contributed by atoms with Crippen molar-refractivity contribution in [2.24, 2.45) is 0 Å². The summed E-state index contributed by atoms with van der Waals surface area (Å²) in [6.45, 7) is 8.46. The Hall–Kier alpha value is -2.82. The number of benzene rings is 1. The minimum absolute atomic E-state index is 0.222. The summed E-state index contributed by atoms with van der Waals surface area (Å²) in [5.74, 6) is 1.87. The Morgan fingerprint density at radius 1 is 1.04 bits per heavy atom. The van der Waals surface area contributed by atoms with Crippen LogP contribution in [0.1, 0.15) is 42.4 Å². The molecule has 2 aromatic rings. The van der Waals surface area contributed by atoms with Gasteiger partial charge in [0.1, 0.15) is 11.6 Å². The summed E-state index contributed by atoms with van der Waals surface area (Å²) in [4.78, 5) is 13.1. The molecule has 28 heavy (non-hydrogen) atoms. The van der Waals surface area contributed by atoms with Crippen LogP contribution in [0.15, 0.2) is 24.3 Å². The van der Waals surface area contributed by atoms with Gasteiger partial charge in [-0.15, -0.1) is 0 Å². The van der Waals surface area contributed by atoms with Gasteiger partial charge >= 0.3 is 6.18 Å². The number of aromatic nitrogens is 2. The molecular formula is C20H22F3N5. The van der Waals surface area contributed by atoms with E-state index in [1.165, 1.54) is 6.07 Å². The Bertz CT molecular complexity index is 894. The molecule has 0 unspecified atom stereocenters.